The van der Waals surface area contributed by atoms with Crippen LogP contribution in [0.15, 0.2) is 5.11 Å². The van der Waals surface area contributed by atoms with Crippen LogP contribution < -0.4 is 0 Å². The Hall–Kier alpha value is -1.75. The van der Waals surface area contributed by atoms with Gasteiger partial charge in [-0.15, -0.1) is 0 Å². The topological polar surface area (TPSA) is 95.4 Å². The predicted octanol–water partition coefficient (Wildman–Crippen LogP) is 2.65. The van der Waals surface area contributed by atoms with Crippen LogP contribution in [-0.2, 0) is 9.53 Å². The van der Waals surface area contributed by atoms with Crippen LogP contribution in [0.25, 0.3) is 10.4 Å². The first-order valence-electron chi connectivity index (χ1n) is 6.29. The fourth-order valence-corrected chi connectivity index (χ4v) is 2.06. The van der Waals surface area contributed by atoms with Crippen molar-refractivity contribution in [3.63, 3.8) is 0 Å². The van der Waals surface area contributed by atoms with E-state index in [1.54, 1.807) is 20.8 Å². The van der Waals surface area contributed by atoms with Crippen LogP contribution in [0.2, 0.25) is 0 Å². The average molecular weight is 268 g/mol. The van der Waals surface area contributed by atoms with Crippen molar-refractivity contribution < 1.29 is 14.3 Å². The molecule has 0 N–H and O–H groups in total. The molecule has 2 atom stereocenters. The summed E-state index contributed by atoms with van der Waals surface area (Å²) in [5.41, 5.74) is 7.84. The van der Waals surface area contributed by atoms with E-state index in [0.717, 1.165) is 0 Å². The molecule has 0 aromatic heterocycles. The maximum absolute atomic E-state index is 12.1. The number of ether oxygens (including phenoxy) is 1. The number of azide groups is 1. The van der Waals surface area contributed by atoms with Crippen LogP contribution in [0.4, 0.5) is 4.79 Å². The summed E-state index contributed by atoms with van der Waals surface area (Å²) < 4.78 is 5.28. The molecule has 1 saturated heterocycles. The first kappa shape index (κ1) is 15.3. The first-order chi connectivity index (χ1) is 8.74. The van der Waals surface area contributed by atoms with Gasteiger partial charge in [0.15, 0.2) is 5.78 Å². The summed E-state index contributed by atoms with van der Waals surface area (Å²) in [7, 11) is 0. The summed E-state index contributed by atoms with van der Waals surface area (Å²) in [5, 5.41) is 3.63. The van der Waals surface area contributed by atoms with Crippen molar-refractivity contribution in [2.75, 3.05) is 6.54 Å². The van der Waals surface area contributed by atoms with E-state index in [0.29, 0.717) is 12.8 Å². The van der Waals surface area contributed by atoms with Crippen LogP contribution in [0.3, 0.4) is 0 Å². The standard InChI is InChI=1S/C12H20N4O3/c1-8(17)10-6-5-9(14-15-13)7-16(10)11(18)19-12(2,3)4/h9-10H,5-7H2,1-4H3. The van der Waals surface area contributed by atoms with Crippen molar-refractivity contribution in [3.8, 4) is 0 Å². The van der Waals surface area contributed by atoms with Gasteiger partial charge >= 0.3 is 6.09 Å². The number of nitrogens with zero attached hydrogens (tertiary/aromatic N) is 4. The zero-order chi connectivity index (χ0) is 14.6. The van der Waals surface area contributed by atoms with Gasteiger partial charge < -0.3 is 4.74 Å². The van der Waals surface area contributed by atoms with E-state index in [2.05, 4.69) is 10.0 Å². The van der Waals surface area contributed by atoms with Crippen molar-refractivity contribution in [1.82, 2.24) is 4.90 Å². The molecular weight excluding hydrogens is 248 g/mol. The van der Waals surface area contributed by atoms with Gasteiger partial charge in [-0.05, 0) is 46.1 Å². The molecule has 1 aliphatic rings. The Morgan fingerprint density at radius 1 is 1.37 bits per heavy atom. The molecule has 7 heteroatoms. The van der Waals surface area contributed by atoms with E-state index in [-0.39, 0.29) is 18.4 Å². The maximum Gasteiger partial charge on any atom is 0.410 e. The Morgan fingerprint density at radius 2 is 2.00 bits per heavy atom. The minimum atomic E-state index is -0.621. The van der Waals surface area contributed by atoms with Gasteiger partial charge in [0.1, 0.15) is 5.60 Å². The third-order valence-corrected chi connectivity index (χ3v) is 2.87. The number of likely N-dealkylation sites (tertiary alicyclic amines) is 1. The SMILES string of the molecule is CC(=O)C1CCC(N=[N+]=[N-])CN1C(=O)OC(C)(C)C. The number of piperidine rings is 1. The predicted molar refractivity (Wildman–Crippen MR) is 69.6 cm³/mol. The number of hydrogen-bond donors (Lipinski definition) is 0. The quantitative estimate of drug-likeness (QED) is 0.437. The van der Waals surface area contributed by atoms with Gasteiger partial charge in [-0.25, -0.2) is 4.79 Å². The van der Waals surface area contributed by atoms with Crippen LogP contribution in [0, 0.1) is 0 Å². The molecule has 0 saturated carbocycles. The van der Waals surface area contributed by atoms with Crippen molar-refractivity contribution in [2.45, 2.75) is 58.2 Å². The van der Waals surface area contributed by atoms with E-state index in [1.807, 2.05) is 0 Å². The van der Waals surface area contributed by atoms with Gasteiger partial charge in [-0.3, -0.25) is 9.69 Å². The molecule has 1 fully saturated rings. The molecule has 1 amide bonds. The van der Waals surface area contributed by atoms with Crippen LogP contribution in [0.5, 0.6) is 0 Å². The molecule has 0 bridgehead atoms. The second kappa shape index (κ2) is 5.93. The number of amides is 1. The van der Waals surface area contributed by atoms with Gasteiger partial charge in [0.2, 0.25) is 0 Å². The van der Waals surface area contributed by atoms with Crippen molar-refractivity contribution in [3.05, 3.63) is 10.4 Å². The molecular formula is C12H20N4O3. The molecule has 1 heterocycles. The highest BCUT2D eigenvalue weighted by Gasteiger charge is 2.36. The summed E-state index contributed by atoms with van der Waals surface area (Å²) >= 11 is 0. The molecule has 1 aliphatic heterocycles. The number of hydrogen-bond acceptors (Lipinski definition) is 4. The Labute approximate surface area is 112 Å². The Balaban J connectivity index is 2.85. The molecule has 2 unspecified atom stereocenters. The number of Topliss-reactive ketones (excluding diaryl/α,β-unsaturated/α-hetero) is 1. The number of rotatable bonds is 2. The lowest BCUT2D eigenvalue weighted by atomic mass is 9.97. The van der Waals surface area contributed by atoms with Gasteiger partial charge in [-0.2, -0.15) is 0 Å². The molecule has 1 rings (SSSR count). The van der Waals surface area contributed by atoms with Gasteiger partial charge in [0.05, 0.1) is 12.1 Å². The monoisotopic (exact) mass is 268 g/mol. The van der Waals surface area contributed by atoms with E-state index in [1.165, 1.54) is 11.8 Å². The van der Waals surface area contributed by atoms with Crippen LogP contribution in [0.1, 0.15) is 40.5 Å². The normalized spacial score (nSPS) is 23.5. The van der Waals surface area contributed by atoms with Gasteiger partial charge in [-0.1, -0.05) is 5.11 Å². The number of carbonyl (C=O) groups is 2. The zero-order valence-electron chi connectivity index (χ0n) is 11.8. The summed E-state index contributed by atoms with van der Waals surface area (Å²) in [6.07, 6.45) is 0.567. The van der Waals surface area contributed by atoms with E-state index in [9.17, 15) is 9.59 Å². The Bertz CT molecular complexity index is 410. The second-order valence-electron chi connectivity index (χ2n) is 5.70. The lowest BCUT2D eigenvalue weighted by molar-refractivity contribution is -0.123. The number of carbonyl (C=O) groups excluding carboxylic acids is 2. The largest absolute Gasteiger partial charge is 0.444 e. The molecule has 7 nitrogen and oxygen atoms in total. The van der Waals surface area contributed by atoms with Crippen molar-refractivity contribution in [2.24, 2.45) is 5.11 Å². The van der Waals surface area contributed by atoms with Crippen LogP contribution >= 0.6 is 0 Å². The molecule has 19 heavy (non-hydrogen) atoms. The highest BCUT2D eigenvalue weighted by Crippen LogP contribution is 2.23. The first-order valence-corrected chi connectivity index (χ1v) is 6.29. The van der Waals surface area contributed by atoms with Crippen molar-refractivity contribution >= 4 is 11.9 Å². The minimum Gasteiger partial charge on any atom is -0.444 e. The van der Waals surface area contributed by atoms with Gasteiger partial charge in [0.25, 0.3) is 0 Å². The Kier molecular flexibility index (Phi) is 4.78. The fraction of sp³-hybridized carbons (Fsp3) is 0.833. The lowest BCUT2D eigenvalue weighted by Crippen LogP contribution is -2.52. The molecule has 0 aromatic carbocycles. The zero-order valence-corrected chi connectivity index (χ0v) is 11.8. The number of ketones is 1. The molecule has 0 aromatic rings. The highest BCUT2D eigenvalue weighted by molar-refractivity contribution is 5.85. The average Bonchev–Trinajstić information content (AvgIpc) is 2.26. The summed E-state index contributed by atoms with van der Waals surface area (Å²) in [5.74, 6) is -0.0785. The Morgan fingerprint density at radius 3 is 2.47 bits per heavy atom. The molecule has 0 aliphatic carbocycles. The third-order valence-electron chi connectivity index (χ3n) is 2.87. The third kappa shape index (κ3) is 4.44. The van der Waals surface area contributed by atoms with E-state index < -0.39 is 17.7 Å². The fourth-order valence-electron chi connectivity index (χ4n) is 2.06. The van der Waals surface area contributed by atoms with Gasteiger partial charge in [0, 0.05) is 11.5 Å². The highest BCUT2D eigenvalue weighted by atomic mass is 16.6. The molecule has 106 valence electrons. The minimum absolute atomic E-state index is 0.0785. The molecule has 0 radical (unpaired) electrons. The van der Waals surface area contributed by atoms with Crippen LogP contribution in [-0.4, -0.2) is 41.0 Å². The maximum atomic E-state index is 12.1. The summed E-state index contributed by atoms with van der Waals surface area (Å²) in [6.45, 7) is 6.98. The lowest BCUT2D eigenvalue weighted by Gasteiger charge is -2.37. The second-order valence-corrected chi connectivity index (χ2v) is 5.70. The summed E-state index contributed by atoms with van der Waals surface area (Å²) in [4.78, 5) is 27.8. The van der Waals surface area contributed by atoms with E-state index in [4.69, 9.17) is 10.3 Å². The van der Waals surface area contributed by atoms with Crippen molar-refractivity contribution in [1.29, 1.82) is 0 Å². The smallest absolute Gasteiger partial charge is 0.410 e. The molecule has 0 spiro atoms. The van der Waals surface area contributed by atoms with E-state index >= 15 is 0 Å². The summed E-state index contributed by atoms with van der Waals surface area (Å²) in [6, 6.07) is -0.784.